The minimum Gasteiger partial charge on any atom is -0.480 e. The molecule has 1 aliphatic heterocycles. The molecular weight excluding hydrogens is 497 g/mol. The number of carbonyl (C=O) groups is 1. The topological polar surface area (TPSA) is 90.7 Å². The second-order valence-electron chi connectivity index (χ2n) is 7.91. The first-order chi connectivity index (χ1) is 16.2. The van der Waals surface area contributed by atoms with Gasteiger partial charge in [0.2, 0.25) is 0 Å². The minimum absolute atomic E-state index is 0.0214. The van der Waals surface area contributed by atoms with Crippen molar-refractivity contribution in [3.05, 3.63) is 53.1 Å². The van der Waals surface area contributed by atoms with Crippen LogP contribution in [-0.4, -0.2) is 63.9 Å². The first-order valence-electron chi connectivity index (χ1n) is 10.2. The highest BCUT2D eigenvalue weighted by Gasteiger charge is 2.39. The van der Waals surface area contributed by atoms with E-state index in [-0.39, 0.29) is 47.9 Å². The van der Waals surface area contributed by atoms with E-state index in [2.05, 4.69) is 0 Å². The van der Waals surface area contributed by atoms with E-state index in [1.807, 2.05) is 0 Å². The number of anilines is 1. The van der Waals surface area contributed by atoms with Crippen LogP contribution >= 0.6 is 0 Å². The maximum absolute atomic E-state index is 14.4. The van der Waals surface area contributed by atoms with Gasteiger partial charge in [-0.25, -0.2) is 17.2 Å². The standard InChI is InChI=1S/C22H20F5N3O4S/c1-13(22(25,26)27)34-19-4-3-15(35(2,32)33)11-16(19)21(31)30-7-5-29(6-8-30)20-17(23)9-14(12-28)10-18(20)24/h3-4,9-11,13H,5-8H2,1-2H3. The van der Waals surface area contributed by atoms with Gasteiger partial charge in [-0.1, -0.05) is 0 Å². The summed E-state index contributed by atoms with van der Waals surface area (Å²) in [4.78, 5) is 15.4. The number of amides is 1. The van der Waals surface area contributed by atoms with E-state index < -0.39 is 45.4 Å². The van der Waals surface area contributed by atoms with Crippen molar-refractivity contribution in [2.24, 2.45) is 0 Å². The summed E-state index contributed by atoms with van der Waals surface area (Å²) in [5, 5.41) is 8.83. The van der Waals surface area contributed by atoms with E-state index in [1.54, 1.807) is 6.07 Å². The number of hydrogen-bond acceptors (Lipinski definition) is 6. The monoisotopic (exact) mass is 517 g/mol. The van der Waals surface area contributed by atoms with Gasteiger partial charge in [-0.3, -0.25) is 4.79 Å². The van der Waals surface area contributed by atoms with Crippen molar-refractivity contribution in [1.82, 2.24) is 4.90 Å². The molecule has 0 N–H and O–H groups in total. The second kappa shape index (κ2) is 9.69. The predicted molar refractivity (Wildman–Crippen MR) is 115 cm³/mol. The molecule has 0 radical (unpaired) electrons. The van der Waals surface area contributed by atoms with Gasteiger partial charge in [0, 0.05) is 32.4 Å². The summed E-state index contributed by atoms with van der Waals surface area (Å²) in [5.41, 5.74) is -0.935. The fraction of sp³-hybridized carbons (Fsp3) is 0.364. The SMILES string of the molecule is CC(Oc1ccc(S(C)(=O)=O)cc1C(=O)N1CCN(c2c(F)cc(C#N)cc2F)CC1)C(F)(F)F. The molecule has 1 unspecified atom stereocenters. The van der Waals surface area contributed by atoms with Crippen LogP contribution in [0.3, 0.4) is 0 Å². The van der Waals surface area contributed by atoms with Crippen LogP contribution < -0.4 is 9.64 Å². The number of piperazine rings is 1. The molecule has 1 fully saturated rings. The van der Waals surface area contributed by atoms with Gasteiger partial charge in [-0.05, 0) is 37.3 Å². The number of alkyl halides is 3. The first kappa shape index (κ1) is 26.2. The number of sulfone groups is 1. The maximum atomic E-state index is 14.4. The van der Waals surface area contributed by atoms with Crippen molar-refractivity contribution in [3.8, 4) is 11.8 Å². The summed E-state index contributed by atoms with van der Waals surface area (Å²) in [5.74, 6) is -3.13. The lowest BCUT2D eigenvalue weighted by Gasteiger charge is -2.36. The maximum Gasteiger partial charge on any atom is 0.425 e. The van der Waals surface area contributed by atoms with Crippen LogP contribution in [0, 0.1) is 23.0 Å². The van der Waals surface area contributed by atoms with Gasteiger partial charge in [0.25, 0.3) is 5.91 Å². The third kappa shape index (κ3) is 5.82. The molecule has 1 aliphatic rings. The Labute approximate surface area is 198 Å². The molecule has 13 heteroatoms. The van der Waals surface area contributed by atoms with Crippen LogP contribution in [0.25, 0.3) is 0 Å². The van der Waals surface area contributed by atoms with Crippen LogP contribution in [0.2, 0.25) is 0 Å². The number of halogens is 5. The van der Waals surface area contributed by atoms with Gasteiger partial charge < -0.3 is 14.5 Å². The van der Waals surface area contributed by atoms with E-state index in [1.165, 1.54) is 9.80 Å². The third-order valence-corrected chi connectivity index (χ3v) is 6.51. The Kier molecular flexibility index (Phi) is 7.26. The summed E-state index contributed by atoms with van der Waals surface area (Å²) in [7, 11) is -3.79. The Bertz CT molecular complexity index is 1260. The number of rotatable bonds is 5. The zero-order valence-corrected chi connectivity index (χ0v) is 19.4. The van der Waals surface area contributed by atoms with Crippen LogP contribution in [0.4, 0.5) is 27.6 Å². The van der Waals surface area contributed by atoms with Gasteiger partial charge in [0.1, 0.15) is 11.4 Å². The Hall–Kier alpha value is -3.40. The van der Waals surface area contributed by atoms with E-state index in [4.69, 9.17) is 10.00 Å². The molecule has 1 atom stereocenters. The lowest BCUT2D eigenvalue weighted by atomic mass is 10.1. The van der Waals surface area contributed by atoms with Crippen molar-refractivity contribution in [2.75, 3.05) is 37.3 Å². The Morgan fingerprint density at radius 3 is 2.14 bits per heavy atom. The fourth-order valence-electron chi connectivity index (χ4n) is 3.50. The van der Waals surface area contributed by atoms with Crippen LogP contribution in [0.1, 0.15) is 22.8 Å². The minimum atomic E-state index is -4.73. The molecule has 0 aliphatic carbocycles. The van der Waals surface area contributed by atoms with E-state index in [0.717, 1.165) is 43.5 Å². The Morgan fingerprint density at radius 2 is 1.66 bits per heavy atom. The Morgan fingerprint density at radius 1 is 1.09 bits per heavy atom. The lowest BCUT2D eigenvalue weighted by Crippen LogP contribution is -2.49. The number of nitriles is 1. The molecule has 0 aromatic heterocycles. The first-order valence-corrected chi connectivity index (χ1v) is 12.1. The summed E-state index contributed by atoms with van der Waals surface area (Å²) < 4.78 is 96.5. The molecule has 0 spiro atoms. The zero-order chi connectivity index (χ0) is 26.1. The van der Waals surface area contributed by atoms with Crippen molar-refractivity contribution >= 4 is 21.4 Å². The summed E-state index contributed by atoms with van der Waals surface area (Å²) in [6, 6.07) is 6.40. The van der Waals surface area contributed by atoms with Gasteiger partial charge in [-0.2, -0.15) is 18.4 Å². The summed E-state index contributed by atoms with van der Waals surface area (Å²) in [6.07, 6.45) is -6.11. The van der Waals surface area contributed by atoms with Gasteiger partial charge >= 0.3 is 6.18 Å². The molecule has 7 nitrogen and oxygen atoms in total. The number of benzene rings is 2. The summed E-state index contributed by atoms with van der Waals surface area (Å²) in [6.45, 7) is 0.584. The molecule has 188 valence electrons. The van der Waals surface area contributed by atoms with Crippen molar-refractivity contribution < 1.29 is 39.9 Å². The van der Waals surface area contributed by atoms with Crippen LogP contribution in [0.5, 0.6) is 5.75 Å². The molecule has 0 saturated carbocycles. The highest BCUT2D eigenvalue weighted by atomic mass is 32.2. The third-order valence-electron chi connectivity index (χ3n) is 5.40. The van der Waals surface area contributed by atoms with Gasteiger partial charge in [0.05, 0.1) is 22.1 Å². The lowest BCUT2D eigenvalue weighted by molar-refractivity contribution is -0.189. The van der Waals surface area contributed by atoms with Gasteiger partial charge in [-0.15, -0.1) is 0 Å². The molecule has 3 rings (SSSR count). The smallest absolute Gasteiger partial charge is 0.425 e. The fourth-order valence-corrected chi connectivity index (χ4v) is 4.15. The molecule has 1 saturated heterocycles. The normalized spacial score (nSPS) is 15.5. The van der Waals surface area contributed by atoms with Crippen molar-refractivity contribution in [1.29, 1.82) is 5.26 Å². The van der Waals surface area contributed by atoms with E-state index in [9.17, 15) is 35.2 Å². The van der Waals surface area contributed by atoms with Crippen LogP contribution in [-0.2, 0) is 9.84 Å². The number of ether oxygens (including phenoxy) is 1. The van der Waals surface area contributed by atoms with Crippen LogP contribution in [0.15, 0.2) is 35.2 Å². The highest BCUT2D eigenvalue weighted by molar-refractivity contribution is 7.90. The second-order valence-corrected chi connectivity index (χ2v) is 9.93. The zero-order valence-electron chi connectivity index (χ0n) is 18.6. The van der Waals surface area contributed by atoms with E-state index >= 15 is 0 Å². The molecule has 0 bridgehead atoms. The predicted octanol–water partition coefficient (Wildman–Crippen LogP) is 3.53. The molecule has 2 aromatic rings. The average molecular weight is 517 g/mol. The molecule has 1 amide bonds. The van der Waals surface area contributed by atoms with Crippen molar-refractivity contribution in [3.63, 3.8) is 0 Å². The number of nitrogens with zero attached hydrogens (tertiary/aromatic N) is 3. The number of carbonyl (C=O) groups excluding carboxylic acids is 1. The quantitative estimate of drug-likeness (QED) is 0.564. The molecule has 35 heavy (non-hydrogen) atoms. The largest absolute Gasteiger partial charge is 0.480 e. The Balaban J connectivity index is 1.86. The van der Waals surface area contributed by atoms with Crippen molar-refractivity contribution in [2.45, 2.75) is 24.1 Å². The highest BCUT2D eigenvalue weighted by Crippen LogP contribution is 2.31. The van der Waals surface area contributed by atoms with Gasteiger partial charge in [0.15, 0.2) is 27.6 Å². The summed E-state index contributed by atoms with van der Waals surface area (Å²) >= 11 is 0. The molecule has 2 aromatic carbocycles. The number of hydrogen-bond donors (Lipinski definition) is 0. The average Bonchev–Trinajstić information content (AvgIpc) is 2.77. The molecular formula is C22H20F5N3O4S. The van der Waals surface area contributed by atoms with E-state index in [0.29, 0.717) is 0 Å². The molecule has 1 heterocycles.